The fraction of sp³-hybridized carbons (Fsp3) is 0.304. The zero-order valence-electron chi connectivity index (χ0n) is 18.1. The minimum Gasteiger partial charge on any atom is -0.395 e. The average Bonchev–Trinajstić information content (AvgIpc) is 2.85. The van der Waals surface area contributed by atoms with Gasteiger partial charge in [-0.15, -0.1) is 0 Å². The molecule has 4 rings (SSSR count). The number of carbonyl (C=O) groups excluding carboxylic acids is 1. The van der Waals surface area contributed by atoms with Gasteiger partial charge in [-0.25, -0.2) is 9.97 Å². The van der Waals surface area contributed by atoms with Crippen molar-refractivity contribution in [3.63, 3.8) is 0 Å². The number of aromatic nitrogens is 3. The van der Waals surface area contributed by atoms with Gasteiger partial charge in [-0.2, -0.15) is 0 Å². The molecule has 0 aliphatic carbocycles. The first-order chi connectivity index (χ1) is 16.0. The number of nitrogens with two attached hydrogens (primary N) is 2. The fourth-order valence-electron chi connectivity index (χ4n) is 3.63. The van der Waals surface area contributed by atoms with E-state index in [2.05, 4.69) is 25.2 Å². The van der Waals surface area contributed by atoms with Crippen LogP contribution in [0.1, 0.15) is 16.1 Å². The van der Waals surface area contributed by atoms with Gasteiger partial charge in [-0.3, -0.25) is 9.78 Å². The first-order valence-corrected chi connectivity index (χ1v) is 10.7. The number of hydrogen-bond acceptors (Lipinski definition) is 9. The van der Waals surface area contributed by atoms with Crippen molar-refractivity contribution in [3.8, 4) is 11.3 Å². The number of pyridine rings is 1. The van der Waals surface area contributed by atoms with Crippen LogP contribution in [0.15, 0.2) is 48.9 Å². The number of aliphatic hydroxyl groups excluding tert-OH is 1. The summed E-state index contributed by atoms with van der Waals surface area (Å²) in [5, 5.41) is 12.0. The molecule has 0 unspecified atom stereocenters. The predicted molar refractivity (Wildman–Crippen MR) is 126 cm³/mol. The topological polar surface area (TPSA) is 153 Å². The smallest absolute Gasteiger partial charge is 0.278 e. The number of ether oxygens (including phenoxy) is 1. The van der Waals surface area contributed by atoms with Crippen LogP contribution in [0.5, 0.6) is 0 Å². The number of rotatable bonds is 7. The van der Waals surface area contributed by atoms with Crippen LogP contribution in [0, 0.1) is 0 Å². The second kappa shape index (κ2) is 10.3. The third-order valence-corrected chi connectivity index (χ3v) is 5.40. The van der Waals surface area contributed by atoms with Crippen LogP contribution in [0.4, 0.5) is 17.2 Å². The number of carbonyl (C=O) groups is 1. The molecule has 1 saturated heterocycles. The molecular weight excluding hydrogens is 422 g/mol. The molecule has 3 aromatic rings. The molecule has 1 atom stereocenters. The van der Waals surface area contributed by atoms with Gasteiger partial charge in [0.05, 0.1) is 49.3 Å². The van der Waals surface area contributed by atoms with E-state index in [1.54, 1.807) is 12.4 Å². The lowest BCUT2D eigenvalue weighted by Crippen LogP contribution is -2.36. The molecule has 1 aliphatic rings. The first kappa shape index (κ1) is 22.6. The van der Waals surface area contributed by atoms with Gasteiger partial charge in [-0.05, 0) is 18.1 Å². The Morgan fingerprint density at radius 1 is 1.18 bits per heavy atom. The fourth-order valence-corrected chi connectivity index (χ4v) is 3.63. The van der Waals surface area contributed by atoms with Gasteiger partial charge in [0.25, 0.3) is 5.91 Å². The zero-order valence-corrected chi connectivity index (χ0v) is 18.1. The molecule has 1 aromatic carbocycles. The number of benzene rings is 1. The van der Waals surface area contributed by atoms with Gasteiger partial charge in [0.1, 0.15) is 0 Å². The van der Waals surface area contributed by atoms with Crippen LogP contribution in [0.25, 0.3) is 11.3 Å². The van der Waals surface area contributed by atoms with Crippen LogP contribution in [0.3, 0.4) is 0 Å². The van der Waals surface area contributed by atoms with Crippen molar-refractivity contribution >= 4 is 23.1 Å². The van der Waals surface area contributed by atoms with E-state index in [0.29, 0.717) is 31.0 Å². The van der Waals surface area contributed by atoms with Crippen molar-refractivity contribution < 1.29 is 14.6 Å². The van der Waals surface area contributed by atoms with E-state index >= 15 is 0 Å². The molecule has 0 bridgehead atoms. The van der Waals surface area contributed by atoms with Crippen LogP contribution in [0.2, 0.25) is 0 Å². The lowest BCUT2D eigenvalue weighted by Gasteiger charge is -2.30. The molecule has 10 nitrogen and oxygen atoms in total. The molecule has 33 heavy (non-hydrogen) atoms. The van der Waals surface area contributed by atoms with E-state index in [4.69, 9.17) is 21.3 Å². The number of nitrogens with one attached hydrogen (secondary N) is 1. The Labute approximate surface area is 191 Å². The standard InChI is InChI=1S/C23H27N7O3/c24-17(14-31)11-15-1-3-16(4-2-15)18-13-27-22(25)21(28-18)23(32)29-19-12-26-6-5-20(19)30-7-9-33-10-8-30/h1-6,12-13,17,31H,7-11,14,24H2,(H2,25,27)(H,29,32)/t17-/m0/s1. The zero-order chi connectivity index (χ0) is 23.2. The van der Waals surface area contributed by atoms with Gasteiger partial charge >= 0.3 is 0 Å². The summed E-state index contributed by atoms with van der Waals surface area (Å²) in [4.78, 5) is 28.0. The minimum atomic E-state index is -0.463. The number of nitrogen functional groups attached to an aromatic ring is 1. The summed E-state index contributed by atoms with van der Waals surface area (Å²) >= 11 is 0. The van der Waals surface area contributed by atoms with E-state index in [1.807, 2.05) is 30.3 Å². The van der Waals surface area contributed by atoms with Gasteiger partial charge in [0.2, 0.25) is 0 Å². The quantitative estimate of drug-likeness (QED) is 0.415. The van der Waals surface area contributed by atoms with Crippen molar-refractivity contribution in [2.24, 2.45) is 5.73 Å². The Morgan fingerprint density at radius 3 is 2.67 bits per heavy atom. The van der Waals surface area contributed by atoms with Gasteiger partial charge < -0.3 is 31.5 Å². The molecule has 0 spiro atoms. The Bertz CT molecular complexity index is 1100. The first-order valence-electron chi connectivity index (χ1n) is 10.7. The normalized spacial score (nSPS) is 14.7. The second-order valence-corrected chi connectivity index (χ2v) is 7.78. The highest BCUT2D eigenvalue weighted by atomic mass is 16.5. The molecule has 1 amide bonds. The SMILES string of the molecule is Nc1ncc(-c2ccc(C[C@H](N)CO)cc2)nc1C(=O)Nc1cnccc1N1CCOCC1. The van der Waals surface area contributed by atoms with Crippen molar-refractivity contribution in [1.82, 2.24) is 15.0 Å². The number of anilines is 3. The van der Waals surface area contributed by atoms with E-state index in [-0.39, 0.29) is 24.2 Å². The van der Waals surface area contributed by atoms with Crippen molar-refractivity contribution in [3.05, 3.63) is 60.2 Å². The molecule has 3 heterocycles. The highest BCUT2D eigenvalue weighted by molar-refractivity contribution is 6.07. The summed E-state index contributed by atoms with van der Waals surface area (Å²) in [5.74, 6) is -0.423. The van der Waals surface area contributed by atoms with E-state index in [1.165, 1.54) is 6.20 Å². The maximum atomic E-state index is 13.1. The summed E-state index contributed by atoms with van der Waals surface area (Å²) in [6, 6.07) is 9.12. The van der Waals surface area contributed by atoms with Crippen LogP contribution < -0.4 is 21.7 Å². The Kier molecular flexibility index (Phi) is 7.08. The summed E-state index contributed by atoms with van der Waals surface area (Å²) in [7, 11) is 0. The van der Waals surface area contributed by atoms with Gasteiger partial charge in [0.15, 0.2) is 11.5 Å². The predicted octanol–water partition coefficient (Wildman–Crippen LogP) is 1.07. The largest absolute Gasteiger partial charge is 0.395 e. The monoisotopic (exact) mass is 449 g/mol. The summed E-state index contributed by atoms with van der Waals surface area (Å²) in [5.41, 5.74) is 15.6. The molecule has 6 N–H and O–H groups in total. The van der Waals surface area contributed by atoms with E-state index in [0.717, 1.165) is 29.9 Å². The molecule has 10 heteroatoms. The maximum absolute atomic E-state index is 13.1. The molecule has 1 fully saturated rings. The highest BCUT2D eigenvalue weighted by Gasteiger charge is 2.20. The number of hydrogen-bond donors (Lipinski definition) is 4. The van der Waals surface area contributed by atoms with Crippen molar-refractivity contribution in [2.45, 2.75) is 12.5 Å². The number of morpholine rings is 1. The number of amides is 1. The summed E-state index contributed by atoms with van der Waals surface area (Å²) in [6.07, 6.45) is 5.39. The Morgan fingerprint density at radius 2 is 1.94 bits per heavy atom. The average molecular weight is 450 g/mol. The molecule has 2 aromatic heterocycles. The number of aliphatic hydroxyl groups is 1. The minimum absolute atomic E-state index is 0.0376. The molecule has 172 valence electrons. The van der Waals surface area contributed by atoms with Crippen LogP contribution >= 0.6 is 0 Å². The van der Waals surface area contributed by atoms with Crippen molar-refractivity contribution in [2.75, 3.05) is 48.9 Å². The van der Waals surface area contributed by atoms with Gasteiger partial charge in [0, 0.05) is 30.9 Å². The van der Waals surface area contributed by atoms with Gasteiger partial charge in [-0.1, -0.05) is 24.3 Å². The second-order valence-electron chi connectivity index (χ2n) is 7.78. The lowest BCUT2D eigenvalue weighted by atomic mass is 10.0. The summed E-state index contributed by atoms with van der Waals surface area (Å²) < 4.78 is 5.42. The molecule has 1 aliphatic heterocycles. The van der Waals surface area contributed by atoms with E-state index < -0.39 is 5.91 Å². The Hall–Kier alpha value is -3.60. The van der Waals surface area contributed by atoms with Crippen LogP contribution in [-0.2, 0) is 11.2 Å². The third kappa shape index (κ3) is 5.43. The Balaban J connectivity index is 1.54. The molecule has 0 radical (unpaired) electrons. The summed E-state index contributed by atoms with van der Waals surface area (Å²) in [6.45, 7) is 2.63. The van der Waals surface area contributed by atoms with Crippen LogP contribution in [-0.4, -0.2) is 64.9 Å². The molecular formula is C23H27N7O3. The number of nitrogens with zero attached hydrogens (tertiary/aromatic N) is 4. The highest BCUT2D eigenvalue weighted by Crippen LogP contribution is 2.26. The molecule has 0 saturated carbocycles. The van der Waals surface area contributed by atoms with Crippen molar-refractivity contribution in [1.29, 1.82) is 0 Å². The maximum Gasteiger partial charge on any atom is 0.278 e. The van der Waals surface area contributed by atoms with E-state index in [9.17, 15) is 4.79 Å². The third-order valence-electron chi connectivity index (χ3n) is 5.40. The lowest BCUT2D eigenvalue weighted by molar-refractivity contribution is 0.102.